The first-order valence-electron chi connectivity index (χ1n) is 12.7. The van der Waals surface area contributed by atoms with E-state index in [0.717, 1.165) is 42.9 Å². The van der Waals surface area contributed by atoms with Crippen molar-refractivity contribution in [3.05, 3.63) is 78.0 Å². The van der Waals surface area contributed by atoms with Gasteiger partial charge in [-0.15, -0.1) is 0 Å². The summed E-state index contributed by atoms with van der Waals surface area (Å²) in [6, 6.07) is 19.3. The maximum atomic E-state index is 12.5. The second-order valence-electron chi connectivity index (χ2n) is 8.71. The number of benzene rings is 2. The number of pyridine rings is 1. The Hall–Kier alpha value is -3.14. The Morgan fingerprint density at radius 2 is 1.41 bits per heavy atom. The van der Waals surface area contributed by atoms with E-state index in [4.69, 9.17) is 9.47 Å². The van der Waals surface area contributed by atoms with Gasteiger partial charge in [0.2, 0.25) is 0 Å². The average molecular weight is 460 g/mol. The fraction of sp³-hybridized carbons (Fsp3) is 0.400. The summed E-state index contributed by atoms with van der Waals surface area (Å²) >= 11 is 0. The van der Waals surface area contributed by atoms with Crippen LogP contribution < -0.4 is 9.47 Å². The van der Waals surface area contributed by atoms with Gasteiger partial charge in [0.15, 0.2) is 0 Å². The van der Waals surface area contributed by atoms with Gasteiger partial charge < -0.3 is 9.47 Å². The topological polar surface area (TPSA) is 48.4 Å². The predicted octanol–water partition coefficient (Wildman–Crippen LogP) is 8.05. The Kier molecular flexibility index (Phi) is 10.6. The van der Waals surface area contributed by atoms with Gasteiger partial charge in [-0.1, -0.05) is 64.5 Å². The van der Waals surface area contributed by atoms with Crippen molar-refractivity contribution in [2.75, 3.05) is 6.61 Å². The van der Waals surface area contributed by atoms with E-state index in [9.17, 15) is 4.79 Å². The minimum atomic E-state index is -0.366. The largest absolute Gasteiger partial charge is 0.494 e. The molecule has 180 valence electrons. The van der Waals surface area contributed by atoms with Crippen LogP contribution in [0.1, 0.15) is 81.1 Å². The molecule has 0 amide bonds. The second kappa shape index (κ2) is 14.2. The summed E-state index contributed by atoms with van der Waals surface area (Å²) in [4.78, 5) is 17.0. The zero-order chi connectivity index (χ0) is 24.0. The van der Waals surface area contributed by atoms with Crippen LogP contribution in [0.2, 0.25) is 0 Å². The van der Waals surface area contributed by atoms with Crippen LogP contribution in [-0.4, -0.2) is 17.6 Å². The average Bonchev–Trinajstić information content (AvgIpc) is 2.87. The SMILES string of the molecule is CCCCCCCCc1ccc(C(=O)Oc2ccc(-c3ccc(OCCCC)cc3)nc2)cc1. The van der Waals surface area contributed by atoms with Crippen LogP contribution in [0.4, 0.5) is 0 Å². The maximum absolute atomic E-state index is 12.5. The molecule has 0 aliphatic rings. The number of hydrogen-bond acceptors (Lipinski definition) is 4. The van der Waals surface area contributed by atoms with Crippen LogP contribution in [0.15, 0.2) is 66.9 Å². The fourth-order valence-electron chi connectivity index (χ4n) is 3.75. The van der Waals surface area contributed by atoms with Gasteiger partial charge in [0.25, 0.3) is 0 Å². The summed E-state index contributed by atoms with van der Waals surface area (Å²) in [5, 5.41) is 0. The molecule has 0 radical (unpaired) electrons. The lowest BCUT2D eigenvalue weighted by Gasteiger charge is -2.08. The number of carbonyl (C=O) groups is 1. The van der Waals surface area contributed by atoms with Crippen LogP contribution in [0.5, 0.6) is 11.5 Å². The first-order valence-corrected chi connectivity index (χ1v) is 12.7. The van der Waals surface area contributed by atoms with Crippen molar-refractivity contribution < 1.29 is 14.3 Å². The van der Waals surface area contributed by atoms with Crippen LogP contribution in [0, 0.1) is 0 Å². The highest BCUT2D eigenvalue weighted by Crippen LogP contribution is 2.23. The fourth-order valence-corrected chi connectivity index (χ4v) is 3.75. The molecule has 0 aliphatic carbocycles. The lowest BCUT2D eigenvalue weighted by Crippen LogP contribution is -2.08. The highest BCUT2D eigenvalue weighted by molar-refractivity contribution is 5.91. The third kappa shape index (κ3) is 8.33. The van der Waals surface area contributed by atoms with Crippen molar-refractivity contribution >= 4 is 5.97 Å². The molecule has 0 atom stereocenters. The smallest absolute Gasteiger partial charge is 0.343 e. The van der Waals surface area contributed by atoms with E-state index in [0.29, 0.717) is 11.3 Å². The number of rotatable bonds is 14. The van der Waals surface area contributed by atoms with E-state index >= 15 is 0 Å². The Morgan fingerprint density at radius 3 is 2.09 bits per heavy atom. The summed E-state index contributed by atoms with van der Waals surface area (Å²) < 4.78 is 11.2. The molecular formula is C30H37NO3. The van der Waals surface area contributed by atoms with Crippen molar-refractivity contribution in [3.63, 3.8) is 0 Å². The normalized spacial score (nSPS) is 10.8. The molecule has 1 heterocycles. The number of unbranched alkanes of at least 4 members (excludes halogenated alkanes) is 6. The van der Waals surface area contributed by atoms with E-state index in [1.54, 1.807) is 12.3 Å². The summed E-state index contributed by atoms with van der Waals surface area (Å²) in [5.41, 5.74) is 3.62. The van der Waals surface area contributed by atoms with Gasteiger partial charge in [0, 0.05) is 5.56 Å². The Bertz CT molecular complexity index is 979. The number of hydrogen-bond donors (Lipinski definition) is 0. The Morgan fingerprint density at radius 1 is 0.735 bits per heavy atom. The predicted molar refractivity (Wildman–Crippen MR) is 139 cm³/mol. The highest BCUT2D eigenvalue weighted by atomic mass is 16.5. The third-order valence-corrected chi connectivity index (χ3v) is 5.87. The van der Waals surface area contributed by atoms with Crippen LogP contribution >= 0.6 is 0 Å². The third-order valence-electron chi connectivity index (χ3n) is 5.87. The molecule has 0 bridgehead atoms. The summed E-state index contributed by atoms with van der Waals surface area (Å²) in [7, 11) is 0. The lowest BCUT2D eigenvalue weighted by molar-refractivity contribution is 0.0734. The second-order valence-corrected chi connectivity index (χ2v) is 8.71. The molecule has 0 N–H and O–H groups in total. The van der Waals surface area contributed by atoms with Crippen LogP contribution in [0.25, 0.3) is 11.3 Å². The van der Waals surface area contributed by atoms with Gasteiger partial charge in [-0.3, -0.25) is 4.98 Å². The van der Waals surface area contributed by atoms with Gasteiger partial charge >= 0.3 is 5.97 Å². The standard InChI is InChI=1S/C30H37NO3/c1-3-5-7-8-9-10-11-24-12-14-26(15-13-24)30(32)34-28-20-21-29(31-23-28)25-16-18-27(19-17-25)33-22-6-4-2/h12-21,23H,3-11,22H2,1-2H3. The molecule has 3 aromatic rings. The summed E-state index contributed by atoms with van der Waals surface area (Å²) in [6.45, 7) is 5.12. The van der Waals surface area contributed by atoms with Gasteiger partial charge in [-0.2, -0.15) is 0 Å². The molecule has 0 spiro atoms. The zero-order valence-corrected chi connectivity index (χ0v) is 20.6. The van der Waals surface area contributed by atoms with E-state index in [1.807, 2.05) is 54.6 Å². The monoisotopic (exact) mass is 459 g/mol. The molecule has 1 aromatic heterocycles. The molecule has 3 rings (SSSR count). The number of nitrogens with zero attached hydrogens (tertiary/aromatic N) is 1. The van der Waals surface area contributed by atoms with Gasteiger partial charge in [0.1, 0.15) is 11.5 Å². The number of carbonyl (C=O) groups excluding carboxylic acids is 1. The minimum absolute atomic E-state index is 0.366. The number of aromatic nitrogens is 1. The van der Waals surface area contributed by atoms with Crippen molar-refractivity contribution in [3.8, 4) is 22.8 Å². The summed E-state index contributed by atoms with van der Waals surface area (Å²) in [5.74, 6) is 0.930. The quantitative estimate of drug-likeness (QED) is 0.181. The van der Waals surface area contributed by atoms with Gasteiger partial charge in [-0.25, -0.2) is 4.79 Å². The van der Waals surface area contributed by atoms with Crippen molar-refractivity contribution in [1.29, 1.82) is 0 Å². The van der Waals surface area contributed by atoms with E-state index in [2.05, 4.69) is 18.8 Å². The van der Waals surface area contributed by atoms with Crippen LogP contribution in [0.3, 0.4) is 0 Å². The molecule has 4 heteroatoms. The minimum Gasteiger partial charge on any atom is -0.494 e. The molecule has 0 unspecified atom stereocenters. The van der Waals surface area contributed by atoms with Gasteiger partial charge in [0.05, 0.1) is 24.1 Å². The van der Waals surface area contributed by atoms with Crippen molar-refractivity contribution in [2.45, 2.75) is 71.6 Å². The lowest BCUT2D eigenvalue weighted by atomic mass is 10.0. The molecule has 4 nitrogen and oxygen atoms in total. The summed E-state index contributed by atoms with van der Waals surface area (Å²) in [6.07, 6.45) is 12.5. The van der Waals surface area contributed by atoms with Gasteiger partial charge in [-0.05, 0) is 73.4 Å². The molecule has 0 aliphatic heterocycles. The molecule has 0 saturated heterocycles. The van der Waals surface area contributed by atoms with Crippen molar-refractivity contribution in [1.82, 2.24) is 4.98 Å². The van der Waals surface area contributed by atoms with E-state index in [1.165, 1.54) is 44.1 Å². The molecular weight excluding hydrogens is 422 g/mol. The molecule has 2 aromatic carbocycles. The first kappa shape index (κ1) is 25.5. The highest BCUT2D eigenvalue weighted by Gasteiger charge is 2.10. The van der Waals surface area contributed by atoms with E-state index < -0.39 is 0 Å². The zero-order valence-electron chi connectivity index (χ0n) is 20.6. The van der Waals surface area contributed by atoms with E-state index in [-0.39, 0.29) is 5.97 Å². The molecule has 34 heavy (non-hydrogen) atoms. The van der Waals surface area contributed by atoms with Crippen molar-refractivity contribution in [2.24, 2.45) is 0 Å². The number of esters is 1. The first-order chi connectivity index (χ1) is 16.7. The molecule has 0 fully saturated rings. The molecule has 0 saturated carbocycles. The Labute approximate surface area is 204 Å². The number of aryl methyl sites for hydroxylation is 1. The number of ether oxygens (including phenoxy) is 2. The Balaban J connectivity index is 1.47. The maximum Gasteiger partial charge on any atom is 0.343 e. The van der Waals surface area contributed by atoms with Crippen LogP contribution in [-0.2, 0) is 6.42 Å².